The molecule has 2 nitrogen and oxygen atoms in total. The van der Waals surface area contributed by atoms with E-state index in [4.69, 9.17) is 8.83 Å². The molecule has 0 bridgehead atoms. The van der Waals surface area contributed by atoms with E-state index in [1.165, 1.54) is 24.3 Å². The van der Waals surface area contributed by atoms with Gasteiger partial charge in [-0.05, 0) is 71.4 Å². The van der Waals surface area contributed by atoms with E-state index in [1.807, 2.05) is 24.3 Å². The summed E-state index contributed by atoms with van der Waals surface area (Å²) in [5.41, 5.74) is 2.67. The molecule has 0 unspecified atom stereocenters. The second-order valence-electron chi connectivity index (χ2n) is 6.53. The molecule has 6 rings (SSSR count). The molecule has 0 atom stereocenters. The Morgan fingerprint density at radius 1 is 0.462 bits per heavy atom. The van der Waals surface area contributed by atoms with Crippen LogP contribution in [0.2, 0.25) is 0 Å². The molecule has 4 heteroatoms. The molecule has 0 radical (unpaired) electrons. The Morgan fingerprint density at radius 2 is 0.885 bits per heavy atom. The average Bonchev–Trinajstić information content (AvgIpc) is 3.15. The lowest BCUT2D eigenvalue weighted by atomic mass is 10.0. The molecule has 0 N–H and O–H groups in total. The van der Waals surface area contributed by atoms with Crippen LogP contribution >= 0.6 is 0 Å². The van der Waals surface area contributed by atoms with E-state index in [0.29, 0.717) is 22.3 Å². The Kier molecular flexibility index (Phi) is 2.45. The normalized spacial score (nSPS) is 12.2. The summed E-state index contributed by atoms with van der Waals surface area (Å²) >= 11 is 0. The molecule has 2 heterocycles. The molecule has 6 aromatic rings. The van der Waals surface area contributed by atoms with E-state index >= 15 is 0 Å². The third kappa shape index (κ3) is 1.78. The minimum absolute atomic E-state index is 0.296. The van der Waals surface area contributed by atoms with Crippen LogP contribution in [0.3, 0.4) is 0 Å². The lowest BCUT2D eigenvalue weighted by Crippen LogP contribution is -1.76. The quantitative estimate of drug-likeness (QED) is 0.299. The number of rotatable bonds is 0. The predicted octanol–water partition coefficient (Wildman–Crippen LogP) is 6.92. The maximum atomic E-state index is 13.6. The monoisotopic (exact) mass is 344 g/mol. The first-order valence-corrected chi connectivity index (χ1v) is 8.23. The van der Waals surface area contributed by atoms with Crippen molar-refractivity contribution in [1.82, 2.24) is 0 Å². The van der Waals surface area contributed by atoms with Crippen molar-refractivity contribution in [2.75, 3.05) is 0 Å². The second kappa shape index (κ2) is 4.61. The molecule has 0 aliphatic rings. The molecule has 0 amide bonds. The van der Waals surface area contributed by atoms with Crippen LogP contribution in [-0.4, -0.2) is 0 Å². The maximum Gasteiger partial charge on any atom is 0.136 e. The fraction of sp³-hybridized carbons (Fsp3) is 0. The summed E-state index contributed by atoms with van der Waals surface area (Å²) in [6.45, 7) is 0. The fourth-order valence-electron chi connectivity index (χ4n) is 3.74. The van der Waals surface area contributed by atoms with Gasteiger partial charge >= 0.3 is 0 Å². The molecule has 0 spiro atoms. The summed E-state index contributed by atoms with van der Waals surface area (Å²) in [5, 5.41) is 5.11. The van der Waals surface area contributed by atoms with Crippen molar-refractivity contribution in [2.24, 2.45) is 0 Å². The summed E-state index contributed by atoms with van der Waals surface area (Å²) in [7, 11) is 0. The van der Waals surface area contributed by atoms with Crippen molar-refractivity contribution in [1.29, 1.82) is 0 Å². The van der Waals surface area contributed by atoms with Gasteiger partial charge in [0, 0.05) is 21.5 Å². The average molecular weight is 344 g/mol. The standard InChI is InChI=1S/C22H10F2O2/c23-13-1-3-19-17(9-13)15-5-11-8-22-16(6-12(11)7-21(15)25-19)18-10-14(24)2-4-20(18)26-22/h1-10H. The van der Waals surface area contributed by atoms with Gasteiger partial charge in [0.2, 0.25) is 0 Å². The molecule has 0 fully saturated rings. The number of furan rings is 2. The van der Waals surface area contributed by atoms with E-state index in [9.17, 15) is 8.78 Å². The molecule has 0 aliphatic carbocycles. The third-order valence-electron chi connectivity index (χ3n) is 4.94. The molecular weight excluding hydrogens is 334 g/mol. The summed E-state index contributed by atoms with van der Waals surface area (Å²) in [4.78, 5) is 0. The second-order valence-corrected chi connectivity index (χ2v) is 6.53. The molecule has 0 saturated heterocycles. The van der Waals surface area contributed by atoms with Gasteiger partial charge in [-0.2, -0.15) is 0 Å². The van der Waals surface area contributed by atoms with Gasteiger partial charge in [-0.1, -0.05) is 0 Å². The summed E-state index contributed by atoms with van der Waals surface area (Å²) in [6.07, 6.45) is 0. The highest BCUT2D eigenvalue weighted by Crippen LogP contribution is 2.36. The minimum atomic E-state index is -0.296. The van der Waals surface area contributed by atoms with Crippen LogP contribution in [0, 0.1) is 11.6 Å². The van der Waals surface area contributed by atoms with Crippen LogP contribution in [0.4, 0.5) is 8.78 Å². The first-order valence-electron chi connectivity index (χ1n) is 8.23. The van der Waals surface area contributed by atoms with Crippen LogP contribution in [0.25, 0.3) is 54.6 Å². The van der Waals surface area contributed by atoms with Crippen LogP contribution in [-0.2, 0) is 0 Å². The number of fused-ring (bicyclic) bond motifs is 7. The highest BCUT2D eigenvalue weighted by molar-refractivity contribution is 6.14. The Labute approximate surface area is 145 Å². The zero-order valence-corrected chi connectivity index (χ0v) is 13.3. The van der Waals surface area contributed by atoms with Gasteiger partial charge in [0.25, 0.3) is 0 Å². The SMILES string of the molecule is Fc1ccc2oc3cc4cc5c(cc4cc3c2c1)oc1ccc(F)cc15. The third-order valence-corrected chi connectivity index (χ3v) is 4.94. The Hall–Kier alpha value is -3.40. The number of hydrogen-bond acceptors (Lipinski definition) is 2. The summed E-state index contributed by atoms with van der Waals surface area (Å²) in [5.74, 6) is -0.592. The summed E-state index contributed by atoms with van der Waals surface area (Å²) in [6, 6.07) is 16.8. The fourth-order valence-corrected chi connectivity index (χ4v) is 3.74. The van der Waals surface area contributed by atoms with E-state index in [2.05, 4.69) is 0 Å². The first-order chi connectivity index (χ1) is 12.7. The lowest BCUT2D eigenvalue weighted by molar-refractivity contribution is 0.626. The van der Waals surface area contributed by atoms with Crippen LogP contribution in [0.1, 0.15) is 0 Å². The van der Waals surface area contributed by atoms with Gasteiger partial charge in [0.1, 0.15) is 34.0 Å². The van der Waals surface area contributed by atoms with Crippen molar-refractivity contribution in [3.63, 3.8) is 0 Å². The molecular formula is C22H10F2O2. The number of halogens is 2. The van der Waals surface area contributed by atoms with Crippen LogP contribution in [0.5, 0.6) is 0 Å². The van der Waals surface area contributed by atoms with E-state index in [1.54, 1.807) is 12.1 Å². The largest absolute Gasteiger partial charge is 0.456 e. The maximum absolute atomic E-state index is 13.6. The van der Waals surface area contributed by atoms with Gasteiger partial charge < -0.3 is 8.83 Å². The molecule has 4 aromatic carbocycles. The first kappa shape index (κ1) is 13.8. The molecule has 26 heavy (non-hydrogen) atoms. The number of benzene rings is 4. The predicted molar refractivity (Wildman–Crippen MR) is 98.4 cm³/mol. The molecule has 0 saturated carbocycles. The Morgan fingerprint density at radius 3 is 1.35 bits per heavy atom. The summed E-state index contributed by atoms with van der Waals surface area (Å²) < 4.78 is 39.0. The molecule has 124 valence electrons. The van der Waals surface area contributed by atoms with E-state index in [0.717, 1.165) is 32.3 Å². The zero-order valence-electron chi connectivity index (χ0n) is 13.3. The van der Waals surface area contributed by atoms with Gasteiger partial charge in [0.15, 0.2) is 0 Å². The molecule has 2 aromatic heterocycles. The lowest BCUT2D eigenvalue weighted by Gasteiger charge is -1.99. The van der Waals surface area contributed by atoms with E-state index < -0.39 is 0 Å². The Bertz CT molecular complexity index is 1390. The van der Waals surface area contributed by atoms with Crippen molar-refractivity contribution in [3.05, 3.63) is 72.3 Å². The van der Waals surface area contributed by atoms with Crippen molar-refractivity contribution < 1.29 is 17.6 Å². The van der Waals surface area contributed by atoms with Crippen LogP contribution in [0.15, 0.2) is 69.5 Å². The van der Waals surface area contributed by atoms with Gasteiger partial charge in [-0.25, -0.2) is 8.78 Å². The zero-order chi connectivity index (χ0) is 17.4. The van der Waals surface area contributed by atoms with Crippen molar-refractivity contribution in [3.8, 4) is 0 Å². The highest BCUT2D eigenvalue weighted by Gasteiger charge is 2.13. The number of hydrogen-bond donors (Lipinski definition) is 0. The van der Waals surface area contributed by atoms with Gasteiger partial charge in [-0.3, -0.25) is 0 Å². The van der Waals surface area contributed by atoms with Crippen molar-refractivity contribution in [2.45, 2.75) is 0 Å². The smallest absolute Gasteiger partial charge is 0.136 e. The van der Waals surface area contributed by atoms with E-state index in [-0.39, 0.29) is 11.6 Å². The van der Waals surface area contributed by atoms with Crippen LogP contribution < -0.4 is 0 Å². The van der Waals surface area contributed by atoms with Crippen molar-refractivity contribution >= 4 is 54.6 Å². The van der Waals surface area contributed by atoms with Gasteiger partial charge in [-0.15, -0.1) is 0 Å². The Balaban J connectivity index is 1.76. The van der Waals surface area contributed by atoms with Gasteiger partial charge in [0.05, 0.1) is 0 Å². The minimum Gasteiger partial charge on any atom is -0.456 e. The topological polar surface area (TPSA) is 26.3 Å². The molecule has 0 aliphatic heterocycles. The highest BCUT2D eigenvalue weighted by atomic mass is 19.1.